The highest BCUT2D eigenvalue weighted by atomic mass is 35.5. The van der Waals surface area contributed by atoms with Crippen LogP contribution in [0.4, 0.5) is 5.69 Å². The summed E-state index contributed by atoms with van der Waals surface area (Å²) in [6.45, 7) is 0. The van der Waals surface area contributed by atoms with Gasteiger partial charge in [-0.25, -0.2) is 14.6 Å². The van der Waals surface area contributed by atoms with Crippen molar-refractivity contribution in [3.05, 3.63) is 56.3 Å². The zero-order valence-corrected chi connectivity index (χ0v) is 13.9. The largest absolute Gasteiger partial charge is 0.478 e. The third-order valence-electron chi connectivity index (χ3n) is 2.79. The van der Waals surface area contributed by atoms with Crippen molar-refractivity contribution in [2.45, 2.75) is 0 Å². The Labute approximate surface area is 150 Å². The molecule has 0 radical (unpaired) electrons. The van der Waals surface area contributed by atoms with E-state index in [1.165, 1.54) is 18.3 Å². The van der Waals surface area contributed by atoms with Gasteiger partial charge in [0.1, 0.15) is 10.0 Å². The molecule has 2 rings (SSSR count). The number of hydrogen-bond acceptors (Lipinski definition) is 5. The number of hydrazone groups is 1. The molecule has 2 aromatic rings. The molecular weight excluding hydrogens is 381 g/mol. The molecule has 0 unspecified atom stereocenters. The molecular formula is C14H8Cl3N3O4. The van der Waals surface area contributed by atoms with Crippen LogP contribution >= 0.6 is 34.8 Å². The second-order valence-corrected chi connectivity index (χ2v) is 5.47. The topological polar surface area (TPSA) is 112 Å². The van der Waals surface area contributed by atoms with Crippen LogP contribution in [0.3, 0.4) is 0 Å². The molecule has 0 saturated carbocycles. The quantitative estimate of drug-likeness (QED) is 0.407. The highest BCUT2D eigenvalue weighted by molar-refractivity contribution is 6.46. The van der Waals surface area contributed by atoms with Gasteiger partial charge < -0.3 is 10.2 Å². The molecule has 1 aromatic heterocycles. The molecule has 0 aliphatic rings. The summed E-state index contributed by atoms with van der Waals surface area (Å²) >= 11 is 17.6. The number of aromatic carboxylic acids is 2. The van der Waals surface area contributed by atoms with Crippen LogP contribution in [-0.2, 0) is 0 Å². The van der Waals surface area contributed by atoms with Crippen LogP contribution in [-0.4, -0.2) is 33.4 Å². The Morgan fingerprint density at radius 3 is 2.21 bits per heavy atom. The van der Waals surface area contributed by atoms with Crippen LogP contribution in [0.5, 0.6) is 0 Å². The zero-order chi connectivity index (χ0) is 17.9. The average molecular weight is 389 g/mol. The highest BCUT2D eigenvalue weighted by Crippen LogP contribution is 2.36. The number of hydrogen-bond donors (Lipinski definition) is 3. The fraction of sp³-hybridized carbons (Fsp3) is 0. The summed E-state index contributed by atoms with van der Waals surface area (Å²) < 4.78 is 0. The Morgan fingerprint density at radius 1 is 1.04 bits per heavy atom. The summed E-state index contributed by atoms with van der Waals surface area (Å²) in [6.07, 6.45) is 1.37. The lowest BCUT2D eigenvalue weighted by Crippen LogP contribution is -2.05. The van der Waals surface area contributed by atoms with Gasteiger partial charge in [-0.05, 0) is 17.7 Å². The molecule has 0 aliphatic carbocycles. The van der Waals surface area contributed by atoms with E-state index in [1.807, 2.05) is 0 Å². The van der Waals surface area contributed by atoms with Gasteiger partial charge >= 0.3 is 11.9 Å². The van der Waals surface area contributed by atoms with Gasteiger partial charge in [0.2, 0.25) is 0 Å². The molecule has 3 N–H and O–H groups in total. The molecule has 1 heterocycles. The summed E-state index contributed by atoms with van der Waals surface area (Å²) in [5, 5.41) is 21.2. The van der Waals surface area contributed by atoms with Gasteiger partial charge in [-0.2, -0.15) is 5.10 Å². The van der Waals surface area contributed by atoms with Crippen molar-refractivity contribution in [2.24, 2.45) is 5.10 Å². The van der Waals surface area contributed by atoms with E-state index in [-0.39, 0.29) is 26.4 Å². The maximum Gasteiger partial charge on any atom is 0.356 e. The molecule has 0 atom stereocenters. The molecule has 10 heteroatoms. The second kappa shape index (κ2) is 7.48. The van der Waals surface area contributed by atoms with Gasteiger partial charge in [-0.3, -0.25) is 5.43 Å². The first kappa shape index (κ1) is 18.0. The van der Waals surface area contributed by atoms with E-state index in [1.54, 1.807) is 12.1 Å². The van der Waals surface area contributed by atoms with Crippen molar-refractivity contribution in [1.82, 2.24) is 4.98 Å². The van der Waals surface area contributed by atoms with Crippen molar-refractivity contribution >= 4 is 58.6 Å². The van der Waals surface area contributed by atoms with E-state index >= 15 is 0 Å². The number of carbonyl (C=O) groups is 2. The molecule has 24 heavy (non-hydrogen) atoms. The number of benzene rings is 1. The van der Waals surface area contributed by atoms with E-state index in [4.69, 9.17) is 45.0 Å². The molecule has 0 spiro atoms. The Bertz CT molecular complexity index is 838. The van der Waals surface area contributed by atoms with Gasteiger partial charge in [0.05, 0.1) is 17.5 Å². The fourth-order valence-electron chi connectivity index (χ4n) is 1.64. The molecule has 0 bridgehead atoms. The third kappa shape index (κ3) is 3.94. The molecule has 1 aromatic carbocycles. The Balaban J connectivity index is 2.25. The number of nitrogens with one attached hydrogen (secondary N) is 1. The third-order valence-corrected chi connectivity index (χ3v) is 3.89. The molecule has 0 amide bonds. The number of nitrogens with zero attached hydrogens (tertiary/aromatic N) is 2. The number of rotatable bonds is 5. The summed E-state index contributed by atoms with van der Waals surface area (Å²) in [6, 6.07) is 5.91. The van der Waals surface area contributed by atoms with Crippen LogP contribution < -0.4 is 5.43 Å². The number of carboxylic acids is 2. The van der Waals surface area contributed by atoms with Crippen LogP contribution in [0.25, 0.3) is 0 Å². The first-order valence-electron chi connectivity index (χ1n) is 6.21. The number of anilines is 1. The standard InChI is InChI=1S/C14H8Cl3N3O4/c15-8-10(9(16)12(17)19-11(8)14(23)24)20-18-5-6-1-3-7(4-2-6)13(21)22/h1-5H,(H,19,20)(H,21,22)(H,23,24)/b18-5-. The molecule has 0 aliphatic heterocycles. The number of aromatic nitrogens is 1. The minimum atomic E-state index is -1.37. The average Bonchev–Trinajstić information content (AvgIpc) is 2.54. The number of pyridine rings is 1. The lowest BCUT2D eigenvalue weighted by atomic mass is 10.1. The van der Waals surface area contributed by atoms with Gasteiger partial charge in [0, 0.05) is 0 Å². The second-order valence-electron chi connectivity index (χ2n) is 4.36. The molecule has 0 fully saturated rings. The summed E-state index contributed by atoms with van der Waals surface area (Å²) in [7, 11) is 0. The Kier molecular flexibility index (Phi) is 5.61. The zero-order valence-electron chi connectivity index (χ0n) is 11.6. The summed E-state index contributed by atoms with van der Waals surface area (Å²) in [5.41, 5.74) is 2.77. The predicted octanol–water partition coefficient (Wildman–Crippen LogP) is 3.88. The van der Waals surface area contributed by atoms with Crippen LogP contribution in [0, 0.1) is 0 Å². The van der Waals surface area contributed by atoms with E-state index in [0.29, 0.717) is 5.56 Å². The van der Waals surface area contributed by atoms with E-state index in [9.17, 15) is 9.59 Å². The van der Waals surface area contributed by atoms with Gasteiger partial charge in [0.15, 0.2) is 10.8 Å². The first-order valence-corrected chi connectivity index (χ1v) is 7.35. The lowest BCUT2D eigenvalue weighted by molar-refractivity contribution is 0.0682. The smallest absolute Gasteiger partial charge is 0.356 e. The van der Waals surface area contributed by atoms with Crippen LogP contribution in [0.2, 0.25) is 15.2 Å². The van der Waals surface area contributed by atoms with Crippen LogP contribution in [0.15, 0.2) is 29.4 Å². The minimum Gasteiger partial charge on any atom is -0.478 e. The van der Waals surface area contributed by atoms with Crippen LogP contribution in [0.1, 0.15) is 26.4 Å². The van der Waals surface area contributed by atoms with E-state index in [0.717, 1.165) is 0 Å². The molecule has 124 valence electrons. The Morgan fingerprint density at radius 2 is 1.67 bits per heavy atom. The van der Waals surface area contributed by atoms with Gasteiger partial charge in [-0.1, -0.05) is 46.9 Å². The minimum absolute atomic E-state index is 0.00543. The maximum absolute atomic E-state index is 11.1. The molecule has 7 nitrogen and oxygen atoms in total. The number of carboxylic acid groups (broad SMARTS) is 2. The van der Waals surface area contributed by atoms with Crippen molar-refractivity contribution < 1.29 is 19.8 Å². The van der Waals surface area contributed by atoms with Crippen molar-refractivity contribution in [3.8, 4) is 0 Å². The maximum atomic E-state index is 11.1. The predicted molar refractivity (Wildman–Crippen MR) is 90.8 cm³/mol. The SMILES string of the molecule is O=C(O)c1ccc(/C=N\Nc2c(Cl)c(Cl)nc(C(=O)O)c2Cl)cc1. The van der Waals surface area contributed by atoms with Gasteiger partial charge in [-0.15, -0.1) is 0 Å². The number of halogens is 3. The van der Waals surface area contributed by atoms with Crippen molar-refractivity contribution in [1.29, 1.82) is 0 Å². The fourth-order valence-corrected chi connectivity index (χ4v) is 2.30. The molecule has 0 saturated heterocycles. The Hall–Kier alpha value is -2.35. The van der Waals surface area contributed by atoms with E-state index < -0.39 is 17.6 Å². The van der Waals surface area contributed by atoms with Gasteiger partial charge in [0.25, 0.3) is 0 Å². The first-order chi connectivity index (χ1) is 11.3. The van der Waals surface area contributed by atoms with Crippen molar-refractivity contribution in [2.75, 3.05) is 5.43 Å². The summed E-state index contributed by atoms with van der Waals surface area (Å²) in [5.74, 6) is -2.40. The van der Waals surface area contributed by atoms with Crippen molar-refractivity contribution in [3.63, 3.8) is 0 Å². The lowest BCUT2D eigenvalue weighted by Gasteiger charge is -2.09. The monoisotopic (exact) mass is 387 g/mol. The highest BCUT2D eigenvalue weighted by Gasteiger charge is 2.20. The normalized spacial score (nSPS) is 10.8. The van der Waals surface area contributed by atoms with E-state index in [2.05, 4.69) is 15.5 Å². The summed E-state index contributed by atoms with van der Waals surface area (Å²) in [4.78, 5) is 25.4.